The summed E-state index contributed by atoms with van der Waals surface area (Å²) in [7, 11) is 0. The Hall–Kier alpha value is -0.0500. The molecule has 1 fully saturated rings. The molecule has 20 heavy (non-hydrogen) atoms. The first-order valence-corrected chi connectivity index (χ1v) is 9.33. The van der Waals surface area contributed by atoms with Crippen molar-refractivity contribution in [2.24, 2.45) is 11.8 Å². The molecule has 3 atom stereocenters. The molecule has 1 aliphatic rings. The second-order valence-corrected chi connectivity index (χ2v) is 7.88. The van der Waals surface area contributed by atoms with Crippen LogP contribution in [0.15, 0.2) is 11.4 Å². The molecule has 1 aromatic heterocycles. The molecule has 0 spiro atoms. The van der Waals surface area contributed by atoms with Gasteiger partial charge in [0.15, 0.2) is 0 Å². The van der Waals surface area contributed by atoms with Crippen LogP contribution in [-0.2, 0) is 0 Å². The Balaban J connectivity index is 2.08. The molecule has 1 heterocycles. The van der Waals surface area contributed by atoms with Crippen LogP contribution < -0.4 is 5.32 Å². The molecular weight excluding hydrogens is 286 g/mol. The van der Waals surface area contributed by atoms with E-state index in [2.05, 4.69) is 37.5 Å². The van der Waals surface area contributed by atoms with Crippen LogP contribution in [0.5, 0.6) is 0 Å². The smallest absolute Gasteiger partial charge is 0.0547 e. The average molecular weight is 314 g/mol. The summed E-state index contributed by atoms with van der Waals surface area (Å²) >= 11 is 8.27. The molecule has 1 saturated carbocycles. The van der Waals surface area contributed by atoms with E-state index < -0.39 is 0 Å². The first-order valence-electron chi connectivity index (χ1n) is 8.08. The van der Waals surface area contributed by atoms with Crippen molar-refractivity contribution in [2.75, 3.05) is 6.54 Å². The van der Waals surface area contributed by atoms with Gasteiger partial charge in [-0.1, -0.05) is 51.6 Å². The third kappa shape index (κ3) is 4.22. The van der Waals surface area contributed by atoms with Crippen molar-refractivity contribution in [1.29, 1.82) is 0 Å². The van der Waals surface area contributed by atoms with E-state index in [0.29, 0.717) is 12.0 Å². The predicted octanol–water partition coefficient (Wildman–Crippen LogP) is 5.70. The molecule has 1 N–H and O–H groups in total. The zero-order valence-corrected chi connectivity index (χ0v) is 14.6. The molecular formula is C17H28ClNS. The predicted molar refractivity (Wildman–Crippen MR) is 90.9 cm³/mol. The molecule has 0 saturated heterocycles. The monoisotopic (exact) mass is 313 g/mol. The first kappa shape index (κ1) is 16.3. The summed E-state index contributed by atoms with van der Waals surface area (Å²) in [5, 5.41) is 6.77. The van der Waals surface area contributed by atoms with Crippen molar-refractivity contribution in [3.63, 3.8) is 0 Å². The number of halogens is 1. The fraction of sp³-hybridized carbons (Fsp3) is 0.765. The van der Waals surface area contributed by atoms with Crippen molar-refractivity contribution >= 4 is 22.9 Å². The van der Waals surface area contributed by atoms with Crippen LogP contribution in [0.3, 0.4) is 0 Å². The largest absolute Gasteiger partial charge is 0.314 e. The molecule has 0 aromatic carbocycles. The maximum absolute atomic E-state index is 6.42. The van der Waals surface area contributed by atoms with E-state index in [1.807, 2.05) is 11.3 Å². The Labute approximate surface area is 133 Å². The van der Waals surface area contributed by atoms with Gasteiger partial charge >= 0.3 is 0 Å². The van der Waals surface area contributed by atoms with Gasteiger partial charge in [-0.3, -0.25) is 0 Å². The molecule has 1 aliphatic carbocycles. The van der Waals surface area contributed by atoms with Gasteiger partial charge in [0.25, 0.3) is 0 Å². The van der Waals surface area contributed by atoms with Gasteiger partial charge in [0.05, 0.1) is 5.02 Å². The number of rotatable bonds is 6. The van der Waals surface area contributed by atoms with Crippen molar-refractivity contribution in [1.82, 2.24) is 5.32 Å². The standard InChI is InChI=1S/C17H28ClNS/c1-4-5-13-6-7-14(11-19-12(2)3)15(10-13)17-16(18)8-9-20-17/h8-9,12-15,19H,4-7,10-11H2,1-3H3. The van der Waals surface area contributed by atoms with Gasteiger partial charge in [-0.2, -0.15) is 0 Å². The van der Waals surface area contributed by atoms with Gasteiger partial charge < -0.3 is 5.32 Å². The zero-order chi connectivity index (χ0) is 14.5. The minimum absolute atomic E-state index is 0.572. The van der Waals surface area contributed by atoms with E-state index in [-0.39, 0.29) is 0 Å². The van der Waals surface area contributed by atoms with Gasteiger partial charge in [-0.25, -0.2) is 0 Å². The van der Waals surface area contributed by atoms with Crippen LogP contribution in [0.25, 0.3) is 0 Å². The van der Waals surface area contributed by atoms with Crippen molar-refractivity contribution < 1.29 is 0 Å². The van der Waals surface area contributed by atoms with Crippen molar-refractivity contribution in [3.8, 4) is 0 Å². The highest BCUT2D eigenvalue weighted by Gasteiger charge is 2.32. The van der Waals surface area contributed by atoms with E-state index in [9.17, 15) is 0 Å². The van der Waals surface area contributed by atoms with Crippen LogP contribution in [0.2, 0.25) is 5.02 Å². The maximum Gasteiger partial charge on any atom is 0.0547 e. The molecule has 114 valence electrons. The molecule has 0 amide bonds. The number of thiophene rings is 1. The highest BCUT2D eigenvalue weighted by atomic mass is 35.5. The van der Waals surface area contributed by atoms with Crippen LogP contribution in [0.4, 0.5) is 0 Å². The first-order chi connectivity index (χ1) is 9.61. The zero-order valence-electron chi connectivity index (χ0n) is 13.0. The van der Waals surface area contributed by atoms with Crippen LogP contribution in [0, 0.1) is 11.8 Å². The Morgan fingerprint density at radius 1 is 1.40 bits per heavy atom. The molecule has 1 nitrogen and oxygen atoms in total. The minimum atomic E-state index is 0.572. The summed E-state index contributed by atoms with van der Waals surface area (Å²) in [6, 6.07) is 2.64. The summed E-state index contributed by atoms with van der Waals surface area (Å²) in [6.45, 7) is 7.90. The number of hydrogen-bond acceptors (Lipinski definition) is 2. The van der Waals surface area contributed by atoms with Gasteiger partial charge in [0.2, 0.25) is 0 Å². The van der Waals surface area contributed by atoms with Crippen LogP contribution in [-0.4, -0.2) is 12.6 Å². The number of hydrogen-bond donors (Lipinski definition) is 1. The Morgan fingerprint density at radius 2 is 2.20 bits per heavy atom. The lowest BCUT2D eigenvalue weighted by Crippen LogP contribution is -2.34. The van der Waals surface area contributed by atoms with E-state index in [1.54, 1.807) is 0 Å². The summed E-state index contributed by atoms with van der Waals surface area (Å²) < 4.78 is 0. The molecule has 0 bridgehead atoms. The average Bonchev–Trinajstić information content (AvgIpc) is 2.83. The van der Waals surface area contributed by atoms with Crippen LogP contribution >= 0.6 is 22.9 Å². The van der Waals surface area contributed by atoms with Crippen molar-refractivity contribution in [3.05, 3.63) is 21.3 Å². The topological polar surface area (TPSA) is 12.0 Å². The Bertz CT molecular complexity index is 401. The third-order valence-electron chi connectivity index (χ3n) is 4.57. The van der Waals surface area contributed by atoms with E-state index in [1.165, 1.54) is 37.0 Å². The lowest BCUT2D eigenvalue weighted by molar-refractivity contribution is 0.220. The molecule has 3 heteroatoms. The highest BCUT2D eigenvalue weighted by Crippen LogP contribution is 2.45. The van der Waals surface area contributed by atoms with Gasteiger partial charge in [0.1, 0.15) is 0 Å². The summed E-state index contributed by atoms with van der Waals surface area (Å²) in [5.74, 6) is 2.32. The fourth-order valence-corrected chi connectivity index (χ4v) is 4.92. The minimum Gasteiger partial charge on any atom is -0.314 e. The van der Waals surface area contributed by atoms with Crippen LogP contribution in [0.1, 0.15) is 63.7 Å². The van der Waals surface area contributed by atoms with E-state index in [0.717, 1.165) is 23.4 Å². The molecule has 3 unspecified atom stereocenters. The summed E-state index contributed by atoms with van der Waals surface area (Å²) in [5.41, 5.74) is 0. The fourth-order valence-electron chi connectivity index (χ4n) is 3.51. The lowest BCUT2D eigenvalue weighted by Gasteiger charge is -2.36. The summed E-state index contributed by atoms with van der Waals surface area (Å²) in [6.07, 6.45) is 6.77. The van der Waals surface area contributed by atoms with Gasteiger partial charge in [-0.15, -0.1) is 11.3 Å². The highest BCUT2D eigenvalue weighted by molar-refractivity contribution is 7.10. The molecule has 0 aliphatic heterocycles. The van der Waals surface area contributed by atoms with Crippen molar-refractivity contribution in [2.45, 2.75) is 64.8 Å². The third-order valence-corrected chi connectivity index (χ3v) is 6.06. The second kappa shape index (κ2) is 7.82. The Morgan fingerprint density at radius 3 is 2.80 bits per heavy atom. The second-order valence-electron chi connectivity index (χ2n) is 6.53. The number of nitrogens with one attached hydrogen (secondary N) is 1. The lowest BCUT2D eigenvalue weighted by atomic mass is 9.72. The maximum atomic E-state index is 6.42. The SMILES string of the molecule is CCCC1CCC(CNC(C)C)C(c2sccc2Cl)C1. The van der Waals surface area contributed by atoms with E-state index in [4.69, 9.17) is 11.6 Å². The van der Waals surface area contributed by atoms with Gasteiger partial charge in [-0.05, 0) is 48.6 Å². The normalized spacial score (nSPS) is 27.1. The quantitative estimate of drug-likeness (QED) is 0.710. The summed E-state index contributed by atoms with van der Waals surface area (Å²) in [4.78, 5) is 1.43. The molecule has 0 radical (unpaired) electrons. The Kier molecular flexibility index (Phi) is 6.38. The van der Waals surface area contributed by atoms with Gasteiger partial charge in [0, 0.05) is 10.9 Å². The van der Waals surface area contributed by atoms with E-state index >= 15 is 0 Å². The molecule has 1 aromatic rings. The molecule has 2 rings (SSSR count).